The highest BCUT2D eigenvalue weighted by molar-refractivity contribution is 7.92. The maximum absolute atomic E-state index is 13.5. The highest BCUT2D eigenvalue weighted by Gasteiger charge is 2.30. The van der Waals surface area contributed by atoms with Crippen LogP contribution in [-0.2, 0) is 32.8 Å². The minimum Gasteiger partial charge on any atom is -0.489 e. The van der Waals surface area contributed by atoms with Gasteiger partial charge in [0.05, 0.1) is 11.9 Å². The van der Waals surface area contributed by atoms with Crippen molar-refractivity contribution >= 4 is 27.5 Å². The Morgan fingerprint density at radius 1 is 0.949 bits per heavy atom. The zero-order valence-corrected chi connectivity index (χ0v) is 23.2. The number of sulfonamides is 1. The molecule has 2 amide bonds. The van der Waals surface area contributed by atoms with E-state index in [0.29, 0.717) is 24.5 Å². The topological polar surface area (TPSA) is 96.0 Å². The molecule has 3 aromatic carbocycles. The molecule has 0 aliphatic heterocycles. The van der Waals surface area contributed by atoms with Crippen LogP contribution in [0.3, 0.4) is 0 Å². The molecular weight excluding hydrogens is 521 g/mol. The Morgan fingerprint density at radius 3 is 2.18 bits per heavy atom. The van der Waals surface area contributed by atoms with Gasteiger partial charge in [0.15, 0.2) is 0 Å². The monoisotopic (exact) mass is 555 g/mol. The van der Waals surface area contributed by atoms with Crippen molar-refractivity contribution in [3.05, 3.63) is 95.8 Å². The van der Waals surface area contributed by atoms with E-state index in [9.17, 15) is 22.4 Å². The number of carbonyl (C=O) groups excluding carboxylic acids is 2. The third-order valence-electron chi connectivity index (χ3n) is 6.03. The van der Waals surface area contributed by atoms with Gasteiger partial charge >= 0.3 is 0 Å². The third-order valence-corrected chi connectivity index (χ3v) is 7.18. The molecule has 0 saturated heterocycles. The highest BCUT2D eigenvalue weighted by atomic mass is 32.2. The van der Waals surface area contributed by atoms with Crippen LogP contribution >= 0.6 is 0 Å². The Kier molecular flexibility index (Phi) is 10.4. The fraction of sp³-hybridized carbons (Fsp3) is 0.310. The third kappa shape index (κ3) is 8.81. The van der Waals surface area contributed by atoms with Crippen LogP contribution in [0.5, 0.6) is 5.75 Å². The molecule has 0 heterocycles. The lowest BCUT2D eigenvalue weighted by molar-refractivity contribution is -0.139. The molecule has 0 aliphatic rings. The van der Waals surface area contributed by atoms with Crippen molar-refractivity contribution in [2.75, 3.05) is 23.7 Å². The highest BCUT2D eigenvalue weighted by Crippen LogP contribution is 2.23. The summed E-state index contributed by atoms with van der Waals surface area (Å²) < 4.78 is 45.7. The van der Waals surface area contributed by atoms with Gasteiger partial charge < -0.3 is 15.0 Å². The molecule has 0 radical (unpaired) electrons. The van der Waals surface area contributed by atoms with Crippen molar-refractivity contribution in [3.63, 3.8) is 0 Å². The number of carbonyl (C=O) groups is 2. The van der Waals surface area contributed by atoms with Crippen molar-refractivity contribution < 1.29 is 27.1 Å². The summed E-state index contributed by atoms with van der Waals surface area (Å²) in [6, 6.07) is 20.7. The van der Waals surface area contributed by atoms with Gasteiger partial charge in [0.25, 0.3) is 0 Å². The van der Waals surface area contributed by atoms with Crippen LogP contribution in [0.1, 0.15) is 31.4 Å². The molecule has 8 nitrogen and oxygen atoms in total. The zero-order valence-electron chi connectivity index (χ0n) is 22.3. The Balaban J connectivity index is 1.80. The Bertz CT molecular complexity index is 1330. The maximum atomic E-state index is 13.5. The minimum absolute atomic E-state index is 0.00366. The molecule has 1 unspecified atom stereocenters. The van der Waals surface area contributed by atoms with E-state index >= 15 is 0 Å². The van der Waals surface area contributed by atoms with E-state index in [1.165, 1.54) is 29.2 Å². The quantitative estimate of drug-likeness (QED) is 0.343. The number of nitrogens with one attached hydrogen (secondary N) is 1. The zero-order chi connectivity index (χ0) is 28.4. The summed E-state index contributed by atoms with van der Waals surface area (Å²) in [6.45, 7) is 3.77. The molecule has 0 fully saturated rings. The Labute approximate surface area is 229 Å². The summed E-state index contributed by atoms with van der Waals surface area (Å²) >= 11 is 0. The largest absolute Gasteiger partial charge is 0.489 e. The summed E-state index contributed by atoms with van der Waals surface area (Å²) in [5.41, 5.74) is 1.87. The lowest BCUT2D eigenvalue weighted by Gasteiger charge is -2.31. The van der Waals surface area contributed by atoms with Crippen molar-refractivity contribution in [2.24, 2.45) is 0 Å². The van der Waals surface area contributed by atoms with Crippen molar-refractivity contribution in [1.82, 2.24) is 10.2 Å². The number of amides is 2. The van der Waals surface area contributed by atoms with Crippen LogP contribution in [-0.4, -0.2) is 50.5 Å². The van der Waals surface area contributed by atoms with Gasteiger partial charge in [-0.25, -0.2) is 12.8 Å². The van der Waals surface area contributed by atoms with Gasteiger partial charge in [0, 0.05) is 13.1 Å². The first kappa shape index (κ1) is 29.6. The van der Waals surface area contributed by atoms with E-state index in [2.05, 4.69) is 5.32 Å². The van der Waals surface area contributed by atoms with Crippen LogP contribution in [0.25, 0.3) is 0 Å². The molecule has 39 heavy (non-hydrogen) atoms. The number of hydrogen-bond acceptors (Lipinski definition) is 5. The van der Waals surface area contributed by atoms with E-state index in [0.717, 1.165) is 22.5 Å². The smallest absolute Gasteiger partial charge is 0.244 e. The van der Waals surface area contributed by atoms with Gasteiger partial charge in [-0.3, -0.25) is 13.9 Å². The Hall–Kier alpha value is -3.92. The summed E-state index contributed by atoms with van der Waals surface area (Å²) in [6.07, 6.45) is 1.74. The number of hydrogen-bond donors (Lipinski definition) is 1. The number of anilines is 1. The fourth-order valence-electron chi connectivity index (χ4n) is 3.83. The summed E-state index contributed by atoms with van der Waals surface area (Å²) in [4.78, 5) is 27.6. The van der Waals surface area contributed by atoms with Gasteiger partial charge in [-0.2, -0.15) is 0 Å². The fourth-order valence-corrected chi connectivity index (χ4v) is 4.68. The second kappa shape index (κ2) is 13.7. The molecule has 0 spiro atoms. The molecule has 3 rings (SSSR count). The summed E-state index contributed by atoms with van der Waals surface area (Å²) in [5, 5.41) is 2.77. The number of halogens is 1. The number of benzene rings is 3. The van der Waals surface area contributed by atoms with Gasteiger partial charge in [-0.05, 0) is 60.9 Å². The second-order valence-electron chi connectivity index (χ2n) is 9.15. The van der Waals surface area contributed by atoms with E-state index in [4.69, 9.17) is 4.74 Å². The maximum Gasteiger partial charge on any atom is 0.244 e. The summed E-state index contributed by atoms with van der Waals surface area (Å²) in [7, 11) is -3.86. The molecule has 0 saturated carbocycles. The molecule has 1 atom stereocenters. The Morgan fingerprint density at radius 2 is 1.59 bits per heavy atom. The summed E-state index contributed by atoms with van der Waals surface area (Å²) in [5.74, 6) is -0.821. The van der Waals surface area contributed by atoms with Crippen molar-refractivity contribution in [1.29, 1.82) is 0 Å². The minimum atomic E-state index is -3.86. The van der Waals surface area contributed by atoms with E-state index in [-0.39, 0.29) is 18.1 Å². The van der Waals surface area contributed by atoms with Crippen LogP contribution < -0.4 is 14.4 Å². The van der Waals surface area contributed by atoms with Gasteiger partial charge in [0.2, 0.25) is 21.8 Å². The molecule has 0 aromatic heterocycles. The SMILES string of the molecule is CCCNC(=O)C(C)N(Cc1ccc(F)cc1)C(=O)CN(c1ccc(OCc2ccccc2)cc1)S(C)(=O)=O. The molecule has 3 aromatic rings. The average Bonchev–Trinajstić information content (AvgIpc) is 2.93. The molecule has 0 bridgehead atoms. The van der Waals surface area contributed by atoms with Gasteiger partial charge in [-0.1, -0.05) is 49.4 Å². The van der Waals surface area contributed by atoms with Crippen molar-refractivity contribution in [3.8, 4) is 5.75 Å². The predicted octanol–water partition coefficient (Wildman–Crippen LogP) is 4.11. The molecule has 10 heteroatoms. The number of nitrogens with zero attached hydrogens (tertiary/aromatic N) is 2. The standard InChI is InChI=1S/C29H34FN3O5S/c1-4-18-31-29(35)22(2)32(19-23-10-12-25(30)13-11-23)28(34)20-33(39(3,36)37)26-14-16-27(17-15-26)38-21-24-8-6-5-7-9-24/h5-17,22H,4,18-21H2,1-3H3,(H,31,35). The number of ether oxygens (including phenoxy) is 1. The first-order valence-corrected chi connectivity index (χ1v) is 14.5. The molecular formula is C29H34FN3O5S. The van der Waals surface area contributed by atoms with E-state index < -0.39 is 34.3 Å². The van der Waals surface area contributed by atoms with Crippen LogP contribution in [0.15, 0.2) is 78.9 Å². The van der Waals surface area contributed by atoms with Crippen LogP contribution in [0.4, 0.5) is 10.1 Å². The van der Waals surface area contributed by atoms with Crippen molar-refractivity contribution in [2.45, 2.75) is 39.5 Å². The lowest BCUT2D eigenvalue weighted by Crippen LogP contribution is -2.51. The average molecular weight is 556 g/mol. The normalized spacial score (nSPS) is 11.9. The second-order valence-corrected chi connectivity index (χ2v) is 11.1. The number of rotatable bonds is 13. The van der Waals surface area contributed by atoms with Gasteiger partial charge in [-0.15, -0.1) is 0 Å². The molecule has 0 aliphatic carbocycles. The van der Waals surface area contributed by atoms with Crippen LogP contribution in [0.2, 0.25) is 0 Å². The van der Waals surface area contributed by atoms with Crippen LogP contribution in [0, 0.1) is 5.82 Å². The predicted molar refractivity (Wildman–Crippen MR) is 149 cm³/mol. The van der Waals surface area contributed by atoms with E-state index in [1.807, 2.05) is 37.3 Å². The van der Waals surface area contributed by atoms with E-state index in [1.54, 1.807) is 31.2 Å². The first-order chi connectivity index (χ1) is 18.6. The molecule has 1 N–H and O–H groups in total. The molecule has 208 valence electrons. The first-order valence-electron chi connectivity index (χ1n) is 12.6. The lowest BCUT2D eigenvalue weighted by atomic mass is 10.1. The van der Waals surface area contributed by atoms with Gasteiger partial charge in [0.1, 0.15) is 30.8 Å².